The van der Waals surface area contributed by atoms with Crippen molar-refractivity contribution < 1.29 is 18.3 Å². The number of rotatable bonds is 5. The van der Waals surface area contributed by atoms with Gasteiger partial charge in [-0.1, -0.05) is 6.07 Å². The molecule has 1 heterocycles. The summed E-state index contributed by atoms with van der Waals surface area (Å²) in [6.45, 7) is 2.01. The normalized spacial score (nSPS) is 14.3. The highest BCUT2D eigenvalue weighted by Gasteiger charge is 2.15. The van der Waals surface area contributed by atoms with Gasteiger partial charge < -0.3 is 14.8 Å². The van der Waals surface area contributed by atoms with E-state index in [0.717, 1.165) is 17.9 Å². The van der Waals surface area contributed by atoms with Crippen LogP contribution in [0.3, 0.4) is 0 Å². The van der Waals surface area contributed by atoms with E-state index in [1.54, 1.807) is 12.3 Å². The van der Waals surface area contributed by atoms with E-state index in [1.807, 2.05) is 13.0 Å². The zero-order valence-electron chi connectivity index (χ0n) is 10.4. The number of aliphatic hydroxyl groups is 1. The lowest BCUT2D eigenvalue weighted by molar-refractivity contribution is 0.164. The van der Waals surface area contributed by atoms with Crippen molar-refractivity contribution in [2.24, 2.45) is 0 Å². The van der Waals surface area contributed by atoms with Crippen LogP contribution in [0.2, 0.25) is 0 Å². The summed E-state index contributed by atoms with van der Waals surface area (Å²) in [4.78, 5) is 0. The lowest BCUT2D eigenvalue weighted by atomic mass is 10.1. The van der Waals surface area contributed by atoms with E-state index in [0.29, 0.717) is 0 Å². The fourth-order valence-electron chi connectivity index (χ4n) is 1.81. The van der Waals surface area contributed by atoms with Crippen molar-refractivity contribution in [2.75, 3.05) is 6.54 Å². The second-order valence-corrected chi connectivity index (χ2v) is 4.33. The van der Waals surface area contributed by atoms with Crippen molar-refractivity contribution in [1.82, 2.24) is 5.32 Å². The summed E-state index contributed by atoms with van der Waals surface area (Å²) in [7, 11) is 0. The van der Waals surface area contributed by atoms with Crippen molar-refractivity contribution in [3.05, 3.63) is 59.6 Å². The Morgan fingerprint density at radius 3 is 2.74 bits per heavy atom. The van der Waals surface area contributed by atoms with Crippen LogP contribution in [0.25, 0.3) is 0 Å². The Hall–Kier alpha value is -1.72. The summed E-state index contributed by atoms with van der Waals surface area (Å²) < 4.78 is 31.4. The molecule has 0 bridgehead atoms. The van der Waals surface area contributed by atoms with Gasteiger partial charge in [-0.2, -0.15) is 0 Å². The number of hydrogen-bond acceptors (Lipinski definition) is 3. The highest BCUT2D eigenvalue weighted by atomic mass is 19.1. The molecule has 0 radical (unpaired) electrons. The van der Waals surface area contributed by atoms with Crippen LogP contribution in [0.4, 0.5) is 8.78 Å². The fraction of sp³-hybridized carbons (Fsp3) is 0.286. The molecule has 0 amide bonds. The Balaban J connectivity index is 1.96. The predicted octanol–water partition coefficient (Wildman–Crippen LogP) is 2.94. The second-order valence-electron chi connectivity index (χ2n) is 4.33. The quantitative estimate of drug-likeness (QED) is 0.875. The van der Waals surface area contributed by atoms with Crippen LogP contribution in [0.15, 0.2) is 41.0 Å². The molecule has 0 saturated carbocycles. The molecule has 19 heavy (non-hydrogen) atoms. The van der Waals surface area contributed by atoms with Gasteiger partial charge in [0.15, 0.2) is 0 Å². The average Bonchev–Trinajstić information content (AvgIpc) is 2.89. The van der Waals surface area contributed by atoms with E-state index in [2.05, 4.69) is 5.32 Å². The van der Waals surface area contributed by atoms with Crippen LogP contribution in [0.1, 0.15) is 30.4 Å². The van der Waals surface area contributed by atoms with Crippen molar-refractivity contribution in [2.45, 2.75) is 19.1 Å². The SMILES string of the molecule is CC(NCC(O)c1ccc(F)cc1F)c1ccco1. The van der Waals surface area contributed by atoms with Gasteiger partial charge in [0.05, 0.1) is 18.4 Å². The molecule has 0 saturated heterocycles. The highest BCUT2D eigenvalue weighted by molar-refractivity contribution is 5.21. The van der Waals surface area contributed by atoms with Crippen molar-refractivity contribution >= 4 is 0 Å². The first-order valence-corrected chi connectivity index (χ1v) is 5.97. The molecule has 0 aliphatic carbocycles. The summed E-state index contributed by atoms with van der Waals surface area (Å²) in [5.74, 6) is -0.683. The maximum Gasteiger partial charge on any atom is 0.131 e. The van der Waals surface area contributed by atoms with Gasteiger partial charge in [0.1, 0.15) is 17.4 Å². The largest absolute Gasteiger partial charge is 0.468 e. The molecule has 0 fully saturated rings. The summed E-state index contributed by atoms with van der Waals surface area (Å²) in [5, 5.41) is 12.9. The maximum absolute atomic E-state index is 13.5. The molecule has 1 aromatic heterocycles. The highest BCUT2D eigenvalue weighted by Crippen LogP contribution is 2.19. The van der Waals surface area contributed by atoms with E-state index in [4.69, 9.17) is 4.42 Å². The zero-order valence-corrected chi connectivity index (χ0v) is 10.4. The molecule has 2 aromatic rings. The van der Waals surface area contributed by atoms with Gasteiger partial charge in [-0.3, -0.25) is 0 Å². The van der Waals surface area contributed by atoms with E-state index in [1.165, 1.54) is 6.07 Å². The Morgan fingerprint density at radius 2 is 2.11 bits per heavy atom. The van der Waals surface area contributed by atoms with Gasteiger partial charge in [-0.15, -0.1) is 0 Å². The van der Waals surface area contributed by atoms with Crippen LogP contribution in [0, 0.1) is 11.6 Å². The second kappa shape index (κ2) is 5.95. The molecule has 2 unspecified atom stereocenters. The minimum absolute atomic E-state index is 0.0699. The molecule has 0 spiro atoms. The summed E-state index contributed by atoms with van der Waals surface area (Å²) in [6.07, 6.45) is 0.516. The van der Waals surface area contributed by atoms with Crippen molar-refractivity contribution in [1.29, 1.82) is 0 Å². The summed E-state index contributed by atoms with van der Waals surface area (Å²) >= 11 is 0. The minimum Gasteiger partial charge on any atom is -0.468 e. The molecule has 0 aliphatic rings. The zero-order chi connectivity index (χ0) is 13.8. The van der Waals surface area contributed by atoms with Crippen molar-refractivity contribution in [3.8, 4) is 0 Å². The first-order chi connectivity index (χ1) is 9.08. The Labute approximate surface area is 109 Å². The third-order valence-electron chi connectivity index (χ3n) is 2.91. The number of benzene rings is 1. The van der Waals surface area contributed by atoms with E-state index in [9.17, 15) is 13.9 Å². The van der Waals surface area contributed by atoms with Crippen LogP contribution in [-0.2, 0) is 0 Å². The minimum atomic E-state index is -1.04. The number of furan rings is 1. The van der Waals surface area contributed by atoms with Crippen molar-refractivity contribution in [3.63, 3.8) is 0 Å². The summed E-state index contributed by atoms with van der Waals surface area (Å²) in [6, 6.07) is 6.60. The number of nitrogens with one attached hydrogen (secondary N) is 1. The van der Waals surface area contributed by atoms with Gasteiger partial charge in [-0.25, -0.2) is 8.78 Å². The number of hydrogen-bond donors (Lipinski definition) is 2. The lowest BCUT2D eigenvalue weighted by Gasteiger charge is -2.16. The standard InChI is InChI=1S/C14H15F2NO2/c1-9(14-3-2-6-19-14)17-8-13(18)11-5-4-10(15)7-12(11)16/h2-7,9,13,17-18H,8H2,1H3. The van der Waals surface area contributed by atoms with Gasteiger partial charge >= 0.3 is 0 Å². The molecule has 2 atom stereocenters. The lowest BCUT2D eigenvalue weighted by Crippen LogP contribution is -2.24. The van der Waals surface area contributed by atoms with Crippen LogP contribution in [0.5, 0.6) is 0 Å². The van der Waals surface area contributed by atoms with Crippen LogP contribution < -0.4 is 5.32 Å². The number of aliphatic hydroxyl groups excluding tert-OH is 1. The molecule has 102 valence electrons. The van der Waals surface area contributed by atoms with Gasteiger partial charge in [-0.05, 0) is 25.1 Å². The van der Waals surface area contributed by atoms with E-state index in [-0.39, 0.29) is 18.2 Å². The molecule has 5 heteroatoms. The topological polar surface area (TPSA) is 45.4 Å². The molecular weight excluding hydrogens is 252 g/mol. The third kappa shape index (κ3) is 3.39. The van der Waals surface area contributed by atoms with E-state index < -0.39 is 17.7 Å². The monoisotopic (exact) mass is 267 g/mol. The Kier molecular flexibility index (Phi) is 4.29. The smallest absolute Gasteiger partial charge is 0.131 e. The molecule has 2 N–H and O–H groups in total. The number of halogens is 2. The van der Waals surface area contributed by atoms with Crippen LogP contribution >= 0.6 is 0 Å². The maximum atomic E-state index is 13.5. The Bertz CT molecular complexity index is 528. The Morgan fingerprint density at radius 1 is 1.32 bits per heavy atom. The average molecular weight is 267 g/mol. The molecule has 3 nitrogen and oxygen atoms in total. The van der Waals surface area contributed by atoms with Gasteiger partial charge in [0.25, 0.3) is 0 Å². The molecular formula is C14H15F2NO2. The fourth-order valence-corrected chi connectivity index (χ4v) is 1.81. The third-order valence-corrected chi connectivity index (χ3v) is 2.91. The molecule has 1 aromatic carbocycles. The van der Waals surface area contributed by atoms with Crippen LogP contribution in [-0.4, -0.2) is 11.7 Å². The van der Waals surface area contributed by atoms with Gasteiger partial charge in [0.2, 0.25) is 0 Å². The predicted molar refractivity (Wildman–Crippen MR) is 66.4 cm³/mol. The van der Waals surface area contributed by atoms with E-state index >= 15 is 0 Å². The summed E-state index contributed by atoms with van der Waals surface area (Å²) in [5.41, 5.74) is 0.0699. The van der Waals surface area contributed by atoms with Gasteiger partial charge in [0, 0.05) is 18.2 Å². The first kappa shape index (κ1) is 13.7. The molecule has 2 rings (SSSR count). The first-order valence-electron chi connectivity index (χ1n) is 5.97. The molecule has 0 aliphatic heterocycles.